The Kier molecular flexibility index (Phi) is 41.1. The van der Waals surface area contributed by atoms with Gasteiger partial charge in [0.25, 0.3) is 0 Å². The van der Waals surface area contributed by atoms with Crippen molar-refractivity contribution in [3.05, 3.63) is 109 Å². The van der Waals surface area contributed by atoms with E-state index < -0.39 is 12.0 Å². The molecule has 4 N–H and O–H groups in total. The smallest absolute Gasteiger partial charge is 0.326 e. The predicted molar refractivity (Wildman–Crippen MR) is 248 cm³/mol. The minimum absolute atomic E-state index is 0.0640. The standard InChI is InChI=1S/C51H82N2O5/c1-3-5-7-9-11-13-15-17-19-20-22-24-26-28-30-35-39-45-50(55)58-47(41-36-32-29-27-25-23-21-18-16-14-12-10-8-6-4-2)42-37-33-31-34-38-44-49(54)53-48(51(56)57)43-40-46-52/h5-8,11-14,17-19,21-22,24-25,27-28,30,47-48H,3-4,9-10,15-16,20,23,26,29,31-46,52H2,1-2H3,(H,53,54)(H,56,57)/b7-5-,8-6-,13-11-,14-12-,19-17-,21-18-,24-22-,27-25-,30-28-. The van der Waals surface area contributed by atoms with E-state index >= 15 is 0 Å². The van der Waals surface area contributed by atoms with Crippen LogP contribution in [0.3, 0.4) is 0 Å². The molecule has 0 saturated carbocycles. The van der Waals surface area contributed by atoms with Gasteiger partial charge >= 0.3 is 11.9 Å². The Balaban J connectivity index is 4.56. The lowest BCUT2D eigenvalue weighted by Crippen LogP contribution is -2.40. The number of aliphatic carboxylic acids is 1. The number of hydrogen-bond acceptors (Lipinski definition) is 5. The summed E-state index contributed by atoms with van der Waals surface area (Å²) in [5.41, 5.74) is 5.49. The molecule has 2 unspecified atom stereocenters. The monoisotopic (exact) mass is 803 g/mol. The number of carboxylic acid groups (broad SMARTS) is 1. The third-order valence-corrected chi connectivity index (χ3v) is 9.33. The zero-order chi connectivity index (χ0) is 42.4. The second-order valence-corrected chi connectivity index (χ2v) is 14.7. The topological polar surface area (TPSA) is 119 Å². The summed E-state index contributed by atoms with van der Waals surface area (Å²) in [6, 6.07) is -0.873. The van der Waals surface area contributed by atoms with Crippen LogP contribution in [0.25, 0.3) is 0 Å². The lowest BCUT2D eigenvalue weighted by Gasteiger charge is -2.18. The largest absolute Gasteiger partial charge is 0.480 e. The molecule has 58 heavy (non-hydrogen) atoms. The van der Waals surface area contributed by atoms with E-state index in [1.54, 1.807) is 0 Å². The van der Waals surface area contributed by atoms with Crippen molar-refractivity contribution in [3.8, 4) is 0 Å². The third kappa shape index (κ3) is 40.2. The summed E-state index contributed by atoms with van der Waals surface area (Å²) in [6.07, 6.45) is 61.3. The first-order chi connectivity index (χ1) is 28.4. The number of esters is 1. The molecule has 0 fully saturated rings. The Morgan fingerprint density at radius 3 is 1.38 bits per heavy atom. The van der Waals surface area contributed by atoms with Crippen molar-refractivity contribution in [1.29, 1.82) is 0 Å². The van der Waals surface area contributed by atoms with E-state index in [9.17, 15) is 19.5 Å². The molecule has 326 valence electrons. The molecule has 1 amide bonds. The first-order valence-electron chi connectivity index (χ1n) is 22.7. The van der Waals surface area contributed by atoms with Crippen LogP contribution in [0.15, 0.2) is 109 Å². The van der Waals surface area contributed by atoms with Crippen LogP contribution in [-0.4, -0.2) is 41.6 Å². The maximum atomic E-state index is 12.8. The lowest BCUT2D eigenvalue weighted by atomic mass is 10.0. The predicted octanol–water partition coefficient (Wildman–Crippen LogP) is 13.2. The molecule has 2 atom stereocenters. The van der Waals surface area contributed by atoms with Crippen LogP contribution in [0.2, 0.25) is 0 Å². The highest BCUT2D eigenvalue weighted by Crippen LogP contribution is 2.17. The van der Waals surface area contributed by atoms with Crippen molar-refractivity contribution in [2.24, 2.45) is 5.73 Å². The minimum atomic E-state index is -1.02. The highest BCUT2D eigenvalue weighted by molar-refractivity contribution is 5.83. The number of rotatable bonds is 39. The van der Waals surface area contributed by atoms with Crippen LogP contribution in [0.5, 0.6) is 0 Å². The summed E-state index contributed by atoms with van der Waals surface area (Å²) in [5, 5.41) is 11.9. The van der Waals surface area contributed by atoms with Crippen LogP contribution in [0, 0.1) is 0 Å². The number of nitrogens with one attached hydrogen (secondary N) is 1. The molecule has 0 heterocycles. The molecule has 0 aliphatic rings. The van der Waals surface area contributed by atoms with E-state index in [2.05, 4.69) is 129 Å². The molecule has 0 saturated heterocycles. The van der Waals surface area contributed by atoms with Gasteiger partial charge in [0.2, 0.25) is 5.91 Å². The molecule has 7 nitrogen and oxygen atoms in total. The van der Waals surface area contributed by atoms with Gasteiger partial charge in [-0.05, 0) is 135 Å². The van der Waals surface area contributed by atoms with Gasteiger partial charge < -0.3 is 20.9 Å². The molecule has 0 aromatic rings. The molecule has 0 aromatic carbocycles. The number of carboxylic acids is 1. The van der Waals surface area contributed by atoms with Gasteiger partial charge in [0.05, 0.1) is 0 Å². The molecule has 0 spiro atoms. The van der Waals surface area contributed by atoms with Crippen molar-refractivity contribution in [1.82, 2.24) is 5.32 Å². The molecule has 0 radical (unpaired) electrons. The van der Waals surface area contributed by atoms with Gasteiger partial charge in [-0.25, -0.2) is 4.79 Å². The van der Waals surface area contributed by atoms with Crippen molar-refractivity contribution >= 4 is 17.8 Å². The summed E-state index contributed by atoms with van der Waals surface area (Å²) in [4.78, 5) is 36.4. The molecule has 0 aliphatic heterocycles. The number of carbonyl (C=O) groups is 3. The molecule has 0 bridgehead atoms. The fourth-order valence-electron chi connectivity index (χ4n) is 6.01. The molecular weight excluding hydrogens is 721 g/mol. The third-order valence-electron chi connectivity index (χ3n) is 9.33. The maximum absolute atomic E-state index is 12.8. The quantitative estimate of drug-likeness (QED) is 0.0323. The van der Waals surface area contributed by atoms with E-state index in [4.69, 9.17) is 10.5 Å². The molecule has 7 heteroatoms. The van der Waals surface area contributed by atoms with Gasteiger partial charge in [0.15, 0.2) is 0 Å². The highest BCUT2D eigenvalue weighted by Gasteiger charge is 2.19. The molecule has 0 aromatic heterocycles. The highest BCUT2D eigenvalue weighted by atomic mass is 16.5. The second kappa shape index (κ2) is 44.1. The van der Waals surface area contributed by atoms with Crippen LogP contribution >= 0.6 is 0 Å². The van der Waals surface area contributed by atoms with E-state index in [-0.39, 0.29) is 18.0 Å². The fourth-order valence-corrected chi connectivity index (χ4v) is 6.01. The van der Waals surface area contributed by atoms with Crippen molar-refractivity contribution in [3.63, 3.8) is 0 Å². The average molecular weight is 803 g/mol. The molecule has 0 rings (SSSR count). The van der Waals surface area contributed by atoms with E-state index in [1.165, 1.54) is 0 Å². The SMILES string of the molecule is CC/C=C\C/C=C\C/C=C\C/C=C\C/C=C\CCCC(=O)OC(CCCC/C=C\C/C=C\C/C=C\C/C=C\CC)CCCCCCCC(=O)NC(CCCN)C(=O)O. The van der Waals surface area contributed by atoms with Gasteiger partial charge in [-0.3, -0.25) is 9.59 Å². The number of ether oxygens (including phenoxy) is 1. The second-order valence-electron chi connectivity index (χ2n) is 14.7. The summed E-state index contributed by atoms with van der Waals surface area (Å²) >= 11 is 0. The number of hydrogen-bond donors (Lipinski definition) is 3. The van der Waals surface area contributed by atoms with Gasteiger partial charge in [0, 0.05) is 12.8 Å². The van der Waals surface area contributed by atoms with Gasteiger partial charge in [-0.2, -0.15) is 0 Å². The van der Waals surface area contributed by atoms with E-state index in [0.717, 1.165) is 135 Å². The normalized spacial score (nSPS) is 13.7. The number of carbonyl (C=O) groups excluding carboxylic acids is 2. The maximum Gasteiger partial charge on any atom is 0.326 e. The minimum Gasteiger partial charge on any atom is -0.480 e. The fraction of sp³-hybridized carbons (Fsp3) is 0.588. The summed E-state index contributed by atoms with van der Waals surface area (Å²) in [6.45, 7) is 4.70. The molecule has 0 aliphatic carbocycles. The van der Waals surface area contributed by atoms with E-state index in [0.29, 0.717) is 32.2 Å². The summed E-state index contributed by atoms with van der Waals surface area (Å²) < 4.78 is 6.01. The van der Waals surface area contributed by atoms with Crippen molar-refractivity contribution in [2.45, 2.75) is 187 Å². The van der Waals surface area contributed by atoms with Gasteiger partial charge in [0.1, 0.15) is 12.1 Å². The van der Waals surface area contributed by atoms with Crippen LogP contribution in [0.1, 0.15) is 174 Å². The van der Waals surface area contributed by atoms with Gasteiger partial charge in [-0.15, -0.1) is 0 Å². The number of amides is 1. The van der Waals surface area contributed by atoms with Crippen molar-refractivity contribution in [2.75, 3.05) is 6.54 Å². The van der Waals surface area contributed by atoms with Crippen LogP contribution < -0.4 is 11.1 Å². The Morgan fingerprint density at radius 2 is 0.914 bits per heavy atom. The first-order valence-corrected chi connectivity index (χ1v) is 22.7. The Bertz CT molecular complexity index is 1270. The summed E-state index contributed by atoms with van der Waals surface area (Å²) in [7, 11) is 0. The Morgan fingerprint density at radius 1 is 0.500 bits per heavy atom. The zero-order valence-electron chi connectivity index (χ0n) is 36.6. The molecular formula is C51H82N2O5. The van der Waals surface area contributed by atoms with Gasteiger partial charge in [-0.1, -0.05) is 142 Å². The van der Waals surface area contributed by atoms with Crippen LogP contribution in [0.4, 0.5) is 0 Å². The first kappa shape index (κ1) is 54.0. The van der Waals surface area contributed by atoms with Crippen LogP contribution in [-0.2, 0) is 19.1 Å². The number of allylic oxidation sites excluding steroid dienone is 18. The lowest BCUT2D eigenvalue weighted by molar-refractivity contribution is -0.150. The number of unbranched alkanes of at least 4 members (excludes halogenated alkanes) is 7. The zero-order valence-corrected chi connectivity index (χ0v) is 36.6. The number of nitrogens with two attached hydrogens (primary N) is 1. The Labute approximate surface area is 354 Å². The average Bonchev–Trinajstić information content (AvgIpc) is 3.21. The van der Waals surface area contributed by atoms with E-state index in [1.807, 2.05) is 0 Å². The summed E-state index contributed by atoms with van der Waals surface area (Å²) in [5.74, 6) is -1.34. The van der Waals surface area contributed by atoms with Crippen molar-refractivity contribution < 1.29 is 24.2 Å². The Hall–Kier alpha value is -3.97.